The van der Waals surface area contributed by atoms with Crippen LogP contribution in [0.4, 0.5) is 0 Å². The van der Waals surface area contributed by atoms with Crippen LogP contribution in [-0.2, 0) is 4.74 Å². The quantitative estimate of drug-likeness (QED) is 0.468. The van der Waals surface area contributed by atoms with Crippen LogP contribution in [0.15, 0.2) is 0 Å². The Hall–Kier alpha value is -0.120. The van der Waals surface area contributed by atoms with Crippen molar-refractivity contribution in [2.24, 2.45) is 0 Å². The highest BCUT2D eigenvalue weighted by molar-refractivity contribution is 4.74. The molecule has 1 fully saturated rings. The zero-order valence-corrected chi connectivity index (χ0v) is 5.45. The maximum Gasteiger partial charge on any atom is 0.103 e. The Kier molecular flexibility index (Phi) is 2.05. The van der Waals surface area contributed by atoms with E-state index in [1.54, 1.807) is 0 Å². The smallest absolute Gasteiger partial charge is 0.103 e. The molecule has 0 aromatic heterocycles. The summed E-state index contributed by atoms with van der Waals surface area (Å²) in [5.41, 5.74) is 0. The molecule has 1 aliphatic rings. The van der Waals surface area contributed by atoms with E-state index in [9.17, 15) is 0 Å². The van der Waals surface area contributed by atoms with Crippen molar-refractivity contribution >= 4 is 0 Å². The summed E-state index contributed by atoms with van der Waals surface area (Å²) in [6, 6.07) is 0. The van der Waals surface area contributed by atoms with Crippen LogP contribution in [-0.4, -0.2) is 35.1 Å². The van der Waals surface area contributed by atoms with Gasteiger partial charge in [-0.3, -0.25) is 0 Å². The molecule has 0 aromatic carbocycles. The van der Waals surface area contributed by atoms with Crippen molar-refractivity contribution < 1.29 is 14.9 Å². The summed E-state index contributed by atoms with van der Waals surface area (Å²) in [4.78, 5) is 0. The summed E-state index contributed by atoms with van der Waals surface area (Å²) in [6.07, 6.45) is -0.639. The minimum Gasteiger partial charge on any atom is -0.390 e. The van der Waals surface area contributed by atoms with Gasteiger partial charge >= 0.3 is 0 Å². The highest BCUT2D eigenvalue weighted by Crippen LogP contribution is 2.12. The molecule has 0 spiro atoms. The molecule has 1 heterocycles. The minimum atomic E-state index is -0.679. The monoisotopic (exact) mass is 132 g/mol. The average molecular weight is 132 g/mol. The molecule has 0 amide bonds. The molecule has 2 N–H and O–H groups in total. The zero-order valence-electron chi connectivity index (χ0n) is 5.45. The fourth-order valence-corrected chi connectivity index (χ4v) is 0.939. The van der Waals surface area contributed by atoms with Gasteiger partial charge in [-0.05, 0) is 6.92 Å². The van der Waals surface area contributed by atoms with E-state index in [0.29, 0.717) is 6.42 Å². The Balaban J connectivity index is 2.35. The molecule has 0 bridgehead atoms. The molecule has 0 aliphatic carbocycles. The van der Waals surface area contributed by atoms with Gasteiger partial charge in [0.1, 0.15) is 6.10 Å². The molecule has 1 saturated heterocycles. The summed E-state index contributed by atoms with van der Waals surface area (Å²) >= 11 is 0. The van der Waals surface area contributed by atoms with Crippen LogP contribution in [0.5, 0.6) is 0 Å². The van der Waals surface area contributed by atoms with Gasteiger partial charge in [-0.25, -0.2) is 0 Å². The predicted molar refractivity (Wildman–Crippen MR) is 32.0 cm³/mol. The van der Waals surface area contributed by atoms with Gasteiger partial charge in [-0.1, -0.05) is 0 Å². The first-order valence-electron chi connectivity index (χ1n) is 3.18. The summed E-state index contributed by atoms with van der Waals surface area (Å²) < 4.78 is 5.05. The summed E-state index contributed by atoms with van der Waals surface area (Å²) in [5.74, 6) is 0. The lowest BCUT2D eigenvalue weighted by Gasteiger charge is -2.27. The van der Waals surface area contributed by atoms with Crippen molar-refractivity contribution in [3.63, 3.8) is 0 Å². The van der Waals surface area contributed by atoms with Crippen LogP contribution in [0.3, 0.4) is 0 Å². The molecule has 3 atom stereocenters. The van der Waals surface area contributed by atoms with Crippen LogP contribution >= 0.6 is 0 Å². The van der Waals surface area contributed by atoms with Crippen molar-refractivity contribution in [2.45, 2.75) is 31.7 Å². The van der Waals surface area contributed by atoms with Gasteiger partial charge in [0.25, 0.3) is 0 Å². The second-order valence-corrected chi connectivity index (χ2v) is 2.51. The third-order valence-electron chi connectivity index (χ3n) is 1.57. The number of rotatable bonds is 0. The third-order valence-corrected chi connectivity index (χ3v) is 1.57. The fraction of sp³-hybridized carbons (Fsp3) is 1.00. The largest absolute Gasteiger partial charge is 0.390 e. The first kappa shape index (κ1) is 6.99. The molecule has 0 unspecified atom stereocenters. The van der Waals surface area contributed by atoms with E-state index in [1.165, 1.54) is 0 Å². The van der Waals surface area contributed by atoms with Gasteiger partial charge in [0.2, 0.25) is 0 Å². The highest BCUT2D eigenvalue weighted by Gasteiger charge is 2.25. The van der Waals surface area contributed by atoms with E-state index < -0.39 is 12.2 Å². The van der Waals surface area contributed by atoms with Crippen molar-refractivity contribution in [3.05, 3.63) is 0 Å². The molecule has 3 heteroatoms. The van der Waals surface area contributed by atoms with E-state index in [-0.39, 0.29) is 12.7 Å². The molecule has 1 aliphatic heterocycles. The molecule has 3 nitrogen and oxygen atoms in total. The van der Waals surface area contributed by atoms with Gasteiger partial charge in [0, 0.05) is 6.42 Å². The molecule has 0 aromatic rings. The zero-order chi connectivity index (χ0) is 6.85. The number of ether oxygens (including phenoxy) is 1. The van der Waals surface area contributed by atoms with Crippen LogP contribution in [0.25, 0.3) is 0 Å². The lowest BCUT2D eigenvalue weighted by Crippen LogP contribution is -2.39. The molecule has 54 valence electrons. The van der Waals surface area contributed by atoms with E-state index in [1.807, 2.05) is 6.92 Å². The first-order valence-corrected chi connectivity index (χ1v) is 3.18. The van der Waals surface area contributed by atoms with Crippen molar-refractivity contribution in [3.8, 4) is 0 Å². The molecular formula is C6H12O3. The Bertz CT molecular complexity index is 94.3. The third kappa shape index (κ3) is 1.64. The summed E-state index contributed by atoms with van der Waals surface area (Å²) in [5, 5.41) is 17.9. The average Bonchev–Trinajstić information content (AvgIpc) is 1.80. The molecule has 0 saturated carbocycles. The topological polar surface area (TPSA) is 49.7 Å². The maximum atomic E-state index is 9.02. The van der Waals surface area contributed by atoms with E-state index in [0.717, 1.165) is 0 Å². The lowest BCUT2D eigenvalue weighted by atomic mass is 10.1. The normalized spacial score (nSPS) is 45.0. The summed E-state index contributed by atoms with van der Waals surface area (Å²) in [6.45, 7) is 2.15. The molecule has 9 heavy (non-hydrogen) atoms. The lowest BCUT2D eigenvalue weighted by molar-refractivity contribution is -0.115. The number of hydrogen-bond acceptors (Lipinski definition) is 3. The van der Waals surface area contributed by atoms with Crippen molar-refractivity contribution in [1.29, 1.82) is 0 Å². The van der Waals surface area contributed by atoms with Gasteiger partial charge < -0.3 is 14.9 Å². The fourth-order valence-electron chi connectivity index (χ4n) is 0.939. The van der Waals surface area contributed by atoms with E-state index >= 15 is 0 Å². The van der Waals surface area contributed by atoms with Crippen LogP contribution < -0.4 is 0 Å². The predicted octanol–water partition coefficient (Wildman–Crippen LogP) is -0.483. The van der Waals surface area contributed by atoms with E-state index in [4.69, 9.17) is 14.9 Å². The van der Waals surface area contributed by atoms with Crippen LogP contribution in [0, 0.1) is 0 Å². The van der Waals surface area contributed by atoms with Gasteiger partial charge in [-0.2, -0.15) is 0 Å². The SMILES string of the molecule is C[C@@H]1C[C@H](O)[C@H](O)CO1. The maximum absolute atomic E-state index is 9.02. The van der Waals surface area contributed by atoms with Gasteiger partial charge in [-0.15, -0.1) is 0 Å². The van der Waals surface area contributed by atoms with Gasteiger partial charge in [0.15, 0.2) is 0 Å². The van der Waals surface area contributed by atoms with Crippen LogP contribution in [0.1, 0.15) is 13.3 Å². The number of aliphatic hydroxyl groups is 2. The minimum absolute atomic E-state index is 0.0865. The second-order valence-electron chi connectivity index (χ2n) is 2.51. The Morgan fingerprint density at radius 3 is 2.44 bits per heavy atom. The van der Waals surface area contributed by atoms with Crippen LogP contribution in [0.2, 0.25) is 0 Å². The van der Waals surface area contributed by atoms with E-state index in [2.05, 4.69) is 0 Å². The van der Waals surface area contributed by atoms with Gasteiger partial charge in [0.05, 0.1) is 18.8 Å². The molecule has 0 radical (unpaired) electrons. The molecular weight excluding hydrogens is 120 g/mol. The number of aliphatic hydroxyl groups excluding tert-OH is 2. The first-order chi connectivity index (χ1) is 4.20. The summed E-state index contributed by atoms with van der Waals surface area (Å²) in [7, 11) is 0. The Morgan fingerprint density at radius 2 is 2.00 bits per heavy atom. The molecule has 1 rings (SSSR count). The van der Waals surface area contributed by atoms with Crippen molar-refractivity contribution in [1.82, 2.24) is 0 Å². The standard InChI is InChI=1S/C6H12O3/c1-4-2-5(7)6(8)3-9-4/h4-8H,2-3H2,1H3/t4-,5+,6-/m1/s1. The Morgan fingerprint density at radius 1 is 1.33 bits per heavy atom. The van der Waals surface area contributed by atoms with Crippen molar-refractivity contribution in [2.75, 3.05) is 6.61 Å². The number of hydrogen-bond donors (Lipinski definition) is 2. The second kappa shape index (κ2) is 2.64. The Labute approximate surface area is 54.3 Å². The highest BCUT2D eigenvalue weighted by atomic mass is 16.5.